The Balaban J connectivity index is 1.94. The van der Waals surface area contributed by atoms with Gasteiger partial charge in [-0.25, -0.2) is 9.97 Å². The molecule has 2 unspecified atom stereocenters. The normalized spacial score (nSPS) is 29.3. The van der Waals surface area contributed by atoms with Crippen molar-refractivity contribution in [2.24, 2.45) is 0 Å². The number of anilines is 1. The lowest BCUT2D eigenvalue weighted by atomic mass is 9.97. The highest BCUT2D eigenvalue weighted by Gasteiger charge is 2.39. The molecule has 0 saturated carbocycles. The molecule has 1 aliphatic rings. The molecule has 5 nitrogen and oxygen atoms in total. The fourth-order valence-electron chi connectivity index (χ4n) is 1.64. The standard InChI is InChI=1S/C10H14ClN3O2/c1-7-10(15,2-3-16-7)6-14-9-12-4-8(11)5-13-9/h4-5,7,15H,2-3,6H2,1H3,(H,12,13,14). The van der Waals surface area contributed by atoms with Gasteiger partial charge in [0, 0.05) is 19.6 Å². The van der Waals surface area contributed by atoms with Crippen molar-refractivity contribution in [1.29, 1.82) is 0 Å². The number of aromatic nitrogens is 2. The van der Waals surface area contributed by atoms with E-state index in [2.05, 4.69) is 15.3 Å². The van der Waals surface area contributed by atoms with Crippen LogP contribution in [0.4, 0.5) is 5.95 Å². The van der Waals surface area contributed by atoms with Crippen molar-refractivity contribution in [2.75, 3.05) is 18.5 Å². The molecule has 0 spiro atoms. The minimum atomic E-state index is -0.844. The summed E-state index contributed by atoms with van der Waals surface area (Å²) in [6.45, 7) is 2.81. The van der Waals surface area contributed by atoms with Crippen molar-refractivity contribution in [2.45, 2.75) is 25.0 Å². The number of rotatable bonds is 3. The van der Waals surface area contributed by atoms with Crippen LogP contribution in [0.1, 0.15) is 13.3 Å². The van der Waals surface area contributed by atoms with Gasteiger partial charge < -0.3 is 15.2 Å². The summed E-state index contributed by atoms with van der Waals surface area (Å²) in [6.07, 6.45) is 3.46. The van der Waals surface area contributed by atoms with Crippen LogP contribution < -0.4 is 5.32 Å². The number of hydrogen-bond acceptors (Lipinski definition) is 5. The molecule has 1 fully saturated rings. The maximum Gasteiger partial charge on any atom is 0.222 e. The molecule has 88 valence electrons. The van der Waals surface area contributed by atoms with Crippen molar-refractivity contribution in [1.82, 2.24) is 9.97 Å². The molecule has 16 heavy (non-hydrogen) atoms. The lowest BCUT2D eigenvalue weighted by Crippen LogP contribution is -2.43. The Morgan fingerprint density at radius 1 is 1.62 bits per heavy atom. The average Bonchev–Trinajstić information content (AvgIpc) is 2.59. The van der Waals surface area contributed by atoms with Gasteiger partial charge in [0.25, 0.3) is 0 Å². The summed E-state index contributed by atoms with van der Waals surface area (Å²) in [7, 11) is 0. The first-order valence-electron chi connectivity index (χ1n) is 5.15. The van der Waals surface area contributed by atoms with E-state index in [1.54, 1.807) is 0 Å². The van der Waals surface area contributed by atoms with Gasteiger partial charge in [0.1, 0.15) is 5.60 Å². The van der Waals surface area contributed by atoms with E-state index in [4.69, 9.17) is 16.3 Å². The van der Waals surface area contributed by atoms with Gasteiger partial charge >= 0.3 is 0 Å². The highest BCUT2D eigenvalue weighted by atomic mass is 35.5. The van der Waals surface area contributed by atoms with Crippen LogP contribution in [0.15, 0.2) is 12.4 Å². The molecule has 0 amide bonds. The van der Waals surface area contributed by atoms with Gasteiger partial charge in [-0.3, -0.25) is 0 Å². The molecule has 0 radical (unpaired) electrons. The van der Waals surface area contributed by atoms with Crippen LogP contribution in [0.2, 0.25) is 5.02 Å². The predicted octanol–water partition coefficient (Wildman–Crippen LogP) is 1.08. The van der Waals surface area contributed by atoms with Gasteiger partial charge in [0.15, 0.2) is 0 Å². The second-order valence-corrected chi connectivity index (χ2v) is 4.38. The summed E-state index contributed by atoms with van der Waals surface area (Å²) < 4.78 is 5.32. The van der Waals surface area contributed by atoms with Gasteiger partial charge in [-0.15, -0.1) is 0 Å². The fourth-order valence-corrected chi connectivity index (χ4v) is 1.74. The Labute approximate surface area is 98.8 Å². The topological polar surface area (TPSA) is 67.3 Å². The summed E-state index contributed by atoms with van der Waals surface area (Å²) in [5.74, 6) is 0.455. The van der Waals surface area contributed by atoms with Gasteiger partial charge in [-0.2, -0.15) is 0 Å². The third kappa shape index (κ3) is 2.42. The van der Waals surface area contributed by atoms with E-state index in [1.807, 2.05) is 6.92 Å². The van der Waals surface area contributed by atoms with E-state index in [-0.39, 0.29) is 6.10 Å². The van der Waals surface area contributed by atoms with E-state index in [9.17, 15) is 5.11 Å². The molecule has 1 aromatic heterocycles. The zero-order valence-corrected chi connectivity index (χ0v) is 9.74. The zero-order chi connectivity index (χ0) is 11.6. The Hall–Kier alpha value is -0.910. The third-order valence-electron chi connectivity index (χ3n) is 2.83. The molecule has 1 aromatic rings. The summed E-state index contributed by atoms with van der Waals surface area (Å²) in [5.41, 5.74) is -0.844. The van der Waals surface area contributed by atoms with Crippen LogP contribution in [0, 0.1) is 0 Å². The molecule has 2 heterocycles. The Bertz CT molecular complexity index is 360. The quantitative estimate of drug-likeness (QED) is 0.832. The molecule has 1 aliphatic heterocycles. The van der Waals surface area contributed by atoms with Gasteiger partial charge in [0.2, 0.25) is 5.95 Å². The molecular formula is C10H14ClN3O2. The number of aliphatic hydroxyl groups is 1. The van der Waals surface area contributed by atoms with Crippen LogP contribution in [-0.4, -0.2) is 39.9 Å². The second-order valence-electron chi connectivity index (χ2n) is 3.95. The van der Waals surface area contributed by atoms with Gasteiger partial charge in [-0.1, -0.05) is 11.6 Å². The van der Waals surface area contributed by atoms with Crippen molar-refractivity contribution >= 4 is 17.5 Å². The summed E-state index contributed by atoms with van der Waals surface area (Å²) in [6, 6.07) is 0. The van der Waals surface area contributed by atoms with E-state index in [0.29, 0.717) is 30.5 Å². The van der Waals surface area contributed by atoms with E-state index in [0.717, 1.165) is 0 Å². The van der Waals surface area contributed by atoms with Crippen molar-refractivity contribution in [3.63, 3.8) is 0 Å². The van der Waals surface area contributed by atoms with Crippen molar-refractivity contribution < 1.29 is 9.84 Å². The molecule has 6 heteroatoms. The first-order chi connectivity index (χ1) is 7.60. The summed E-state index contributed by atoms with van der Waals surface area (Å²) in [4.78, 5) is 7.98. The lowest BCUT2D eigenvalue weighted by molar-refractivity contribution is -0.0176. The third-order valence-corrected chi connectivity index (χ3v) is 3.03. The monoisotopic (exact) mass is 243 g/mol. The molecule has 1 saturated heterocycles. The number of nitrogens with one attached hydrogen (secondary N) is 1. The number of halogens is 1. The first-order valence-corrected chi connectivity index (χ1v) is 5.53. The number of nitrogens with zero attached hydrogens (tertiary/aromatic N) is 2. The fraction of sp³-hybridized carbons (Fsp3) is 0.600. The zero-order valence-electron chi connectivity index (χ0n) is 8.98. The van der Waals surface area contributed by atoms with Crippen molar-refractivity contribution in [3.8, 4) is 0 Å². The predicted molar refractivity (Wildman–Crippen MR) is 60.5 cm³/mol. The van der Waals surface area contributed by atoms with Crippen LogP contribution >= 0.6 is 11.6 Å². The molecule has 0 aromatic carbocycles. The molecule has 0 aliphatic carbocycles. The highest BCUT2D eigenvalue weighted by Crippen LogP contribution is 2.25. The molecular weight excluding hydrogens is 230 g/mol. The van der Waals surface area contributed by atoms with Gasteiger partial charge in [0.05, 0.1) is 23.5 Å². The largest absolute Gasteiger partial charge is 0.385 e. The maximum absolute atomic E-state index is 10.2. The van der Waals surface area contributed by atoms with Crippen LogP contribution in [-0.2, 0) is 4.74 Å². The van der Waals surface area contributed by atoms with Crippen LogP contribution in [0.3, 0.4) is 0 Å². The smallest absolute Gasteiger partial charge is 0.222 e. The van der Waals surface area contributed by atoms with Crippen LogP contribution in [0.25, 0.3) is 0 Å². The Morgan fingerprint density at radius 3 is 2.88 bits per heavy atom. The Kier molecular flexibility index (Phi) is 3.28. The minimum absolute atomic E-state index is 0.174. The van der Waals surface area contributed by atoms with Crippen LogP contribution in [0.5, 0.6) is 0 Å². The van der Waals surface area contributed by atoms with Crippen molar-refractivity contribution in [3.05, 3.63) is 17.4 Å². The summed E-state index contributed by atoms with van der Waals surface area (Å²) in [5, 5.41) is 13.7. The van der Waals surface area contributed by atoms with Gasteiger partial charge in [-0.05, 0) is 6.92 Å². The molecule has 2 atom stereocenters. The maximum atomic E-state index is 10.2. The van der Waals surface area contributed by atoms with E-state index >= 15 is 0 Å². The minimum Gasteiger partial charge on any atom is -0.385 e. The highest BCUT2D eigenvalue weighted by molar-refractivity contribution is 6.30. The first kappa shape index (κ1) is 11.6. The average molecular weight is 244 g/mol. The molecule has 2 rings (SSSR count). The Morgan fingerprint density at radius 2 is 2.31 bits per heavy atom. The van der Waals surface area contributed by atoms with E-state index < -0.39 is 5.60 Å². The molecule has 2 N–H and O–H groups in total. The SMILES string of the molecule is CC1OCCC1(O)CNc1ncc(Cl)cn1. The second kappa shape index (κ2) is 4.53. The summed E-state index contributed by atoms with van der Waals surface area (Å²) >= 11 is 5.67. The van der Waals surface area contributed by atoms with E-state index in [1.165, 1.54) is 12.4 Å². The number of ether oxygens (including phenoxy) is 1. The lowest BCUT2D eigenvalue weighted by Gasteiger charge is -2.25. The molecule has 0 bridgehead atoms. The number of hydrogen-bond donors (Lipinski definition) is 2.